The van der Waals surface area contributed by atoms with Crippen LogP contribution in [0.15, 0.2) is 0 Å². The summed E-state index contributed by atoms with van der Waals surface area (Å²) < 4.78 is 0. The molecule has 1 amide bonds. The van der Waals surface area contributed by atoms with Gasteiger partial charge in [0.15, 0.2) is 0 Å². The molecule has 3 nitrogen and oxygen atoms in total. The predicted molar refractivity (Wildman–Crippen MR) is 62.4 cm³/mol. The van der Waals surface area contributed by atoms with E-state index < -0.39 is 0 Å². The van der Waals surface area contributed by atoms with Gasteiger partial charge in [-0.05, 0) is 17.8 Å². The van der Waals surface area contributed by atoms with E-state index in [4.69, 9.17) is 5.73 Å². The van der Waals surface area contributed by atoms with Gasteiger partial charge in [0, 0.05) is 13.1 Å². The molecular weight excluding hydrogens is 188 g/mol. The van der Waals surface area contributed by atoms with Crippen molar-refractivity contribution in [1.29, 1.82) is 0 Å². The largest absolute Gasteiger partial charge is 0.341 e. The average Bonchev–Trinajstić information content (AvgIpc) is 2.62. The van der Waals surface area contributed by atoms with Crippen LogP contribution < -0.4 is 5.73 Å². The average molecular weight is 212 g/mol. The lowest BCUT2D eigenvalue weighted by Gasteiger charge is -2.29. The van der Waals surface area contributed by atoms with Gasteiger partial charge < -0.3 is 10.6 Å². The van der Waals surface area contributed by atoms with Crippen molar-refractivity contribution in [2.24, 2.45) is 17.1 Å². The van der Waals surface area contributed by atoms with Gasteiger partial charge in [-0.2, -0.15) is 0 Å². The van der Waals surface area contributed by atoms with Crippen molar-refractivity contribution in [3.63, 3.8) is 0 Å². The molecular formula is C12H24N2O. The lowest BCUT2D eigenvalue weighted by Crippen LogP contribution is -2.49. The summed E-state index contributed by atoms with van der Waals surface area (Å²) in [5, 5.41) is 0. The molecule has 0 aromatic rings. The van der Waals surface area contributed by atoms with Crippen molar-refractivity contribution < 1.29 is 4.79 Å². The highest BCUT2D eigenvalue weighted by Gasteiger charge is 2.34. The third-order valence-electron chi connectivity index (χ3n) is 3.37. The van der Waals surface area contributed by atoms with Crippen LogP contribution in [0.1, 0.15) is 40.5 Å². The van der Waals surface area contributed by atoms with E-state index in [-0.39, 0.29) is 17.4 Å². The van der Waals surface area contributed by atoms with E-state index >= 15 is 0 Å². The zero-order valence-corrected chi connectivity index (χ0v) is 10.4. The Bertz CT molecular complexity index is 232. The second kappa shape index (κ2) is 4.52. The van der Waals surface area contributed by atoms with Crippen LogP contribution in [-0.2, 0) is 4.79 Å². The smallest absolute Gasteiger partial charge is 0.240 e. The Kier molecular flexibility index (Phi) is 3.77. The van der Waals surface area contributed by atoms with E-state index in [9.17, 15) is 4.79 Å². The summed E-state index contributed by atoms with van der Waals surface area (Å²) in [6.45, 7) is 10.0. The van der Waals surface area contributed by atoms with E-state index in [1.165, 1.54) is 0 Å². The van der Waals surface area contributed by atoms with E-state index in [1.807, 2.05) is 25.7 Å². The van der Waals surface area contributed by atoms with Gasteiger partial charge in [0.1, 0.15) is 0 Å². The Hall–Kier alpha value is -0.570. The Morgan fingerprint density at radius 2 is 2.13 bits per heavy atom. The quantitative estimate of drug-likeness (QED) is 0.756. The molecule has 3 heteroatoms. The lowest BCUT2D eigenvalue weighted by molar-refractivity contribution is -0.134. The summed E-state index contributed by atoms with van der Waals surface area (Å²) in [6.07, 6.45) is 2.30. The zero-order chi connectivity index (χ0) is 11.6. The summed E-state index contributed by atoms with van der Waals surface area (Å²) >= 11 is 0. The summed E-state index contributed by atoms with van der Waals surface area (Å²) in [7, 11) is 0. The van der Waals surface area contributed by atoms with Crippen LogP contribution in [0.5, 0.6) is 0 Å². The first-order valence-electron chi connectivity index (χ1n) is 5.90. The first-order chi connectivity index (χ1) is 6.86. The number of likely N-dealkylation sites (tertiary alicyclic amines) is 1. The minimum Gasteiger partial charge on any atom is -0.341 e. The van der Waals surface area contributed by atoms with Crippen LogP contribution >= 0.6 is 0 Å². The van der Waals surface area contributed by atoms with E-state index in [0.717, 1.165) is 25.9 Å². The Balaban J connectivity index is 2.55. The molecule has 1 rings (SSSR count). The van der Waals surface area contributed by atoms with Crippen LogP contribution in [0.25, 0.3) is 0 Å². The molecule has 2 atom stereocenters. The first-order valence-corrected chi connectivity index (χ1v) is 5.90. The number of rotatable bonds is 2. The molecule has 0 bridgehead atoms. The molecule has 0 aromatic heterocycles. The van der Waals surface area contributed by atoms with Gasteiger partial charge in [0.05, 0.1) is 6.04 Å². The SMILES string of the molecule is CCC1CCN(C(=O)[C@@H](N)C(C)(C)C)C1. The van der Waals surface area contributed by atoms with E-state index in [0.29, 0.717) is 5.92 Å². The van der Waals surface area contributed by atoms with Crippen LogP contribution in [0.4, 0.5) is 0 Å². The van der Waals surface area contributed by atoms with E-state index in [1.54, 1.807) is 0 Å². The van der Waals surface area contributed by atoms with Gasteiger partial charge in [-0.15, -0.1) is 0 Å². The molecule has 1 heterocycles. The first kappa shape index (κ1) is 12.5. The molecule has 88 valence electrons. The maximum atomic E-state index is 12.1. The zero-order valence-electron chi connectivity index (χ0n) is 10.4. The molecule has 1 aliphatic rings. The molecule has 0 saturated carbocycles. The molecule has 1 unspecified atom stereocenters. The van der Waals surface area contributed by atoms with Crippen molar-refractivity contribution in [3.05, 3.63) is 0 Å². The fourth-order valence-corrected chi connectivity index (χ4v) is 1.93. The van der Waals surface area contributed by atoms with Crippen molar-refractivity contribution >= 4 is 5.91 Å². The summed E-state index contributed by atoms with van der Waals surface area (Å²) in [5.74, 6) is 0.805. The van der Waals surface area contributed by atoms with Crippen LogP contribution in [0.3, 0.4) is 0 Å². The van der Waals surface area contributed by atoms with Gasteiger partial charge in [-0.3, -0.25) is 4.79 Å². The van der Waals surface area contributed by atoms with Crippen molar-refractivity contribution in [2.75, 3.05) is 13.1 Å². The molecule has 15 heavy (non-hydrogen) atoms. The maximum absolute atomic E-state index is 12.1. The summed E-state index contributed by atoms with van der Waals surface area (Å²) in [4.78, 5) is 14.0. The molecule has 0 spiro atoms. The third kappa shape index (κ3) is 2.94. The Labute approximate surface area is 93.0 Å². The Morgan fingerprint density at radius 1 is 1.53 bits per heavy atom. The minimum absolute atomic E-state index is 0.124. The van der Waals surface area contributed by atoms with Crippen LogP contribution in [0, 0.1) is 11.3 Å². The molecule has 0 radical (unpaired) electrons. The van der Waals surface area contributed by atoms with Gasteiger partial charge >= 0.3 is 0 Å². The molecule has 1 fully saturated rings. The van der Waals surface area contributed by atoms with Gasteiger partial charge in [0.2, 0.25) is 5.91 Å². The normalized spacial score (nSPS) is 24.3. The van der Waals surface area contributed by atoms with Crippen LogP contribution in [0.2, 0.25) is 0 Å². The number of nitrogens with zero attached hydrogens (tertiary/aromatic N) is 1. The number of carbonyl (C=O) groups is 1. The number of carbonyl (C=O) groups excluding carboxylic acids is 1. The highest BCUT2D eigenvalue weighted by Crippen LogP contribution is 2.24. The fraction of sp³-hybridized carbons (Fsp3) is 0.917. The predicted octanol–water partition coefficient (Wildman–Crippen LogP) is 1.62. The van der Waals surface area contributed by atoms with Gasteiger partial charge in [-0.25, -0.2) is 0 Å². The highest BCUT2D eigenvalue weighted by atomic mass is 16.2. The monoisotopic (exact) mass is 212 g/mol. The number of amides is 1. The molecule has 1 saturated heterocycles. The number of hydrogen-bond acceptors (Lipinski definition) is 2. The lowest BCUT2D eigenvalue weighted by atomic mass is 9.86. The number of hydrogen-bond donors (Lipinski definition) is 1. The molecule has 0 aliphatic carbocycles. The summed E-state index contributed by atoms with van der Waals surface area (Å²) in [5.41, 5.74) is 5.83. The minimum atomic E-state index is -0.367. The second-order valence-electron chi connectivity index (χ2n) is 5.69. The van der Waals surface area contributed by atoms with Gasteiger partial charge in [0.25, 0.3) is 0 Å². The van der Waals surface area contributed by atoms with Crippen molar-refractivity contribution in [1.82, 2.24) is 4.90 Å². The van der Waals surface area contributed by atoms with Crippen LogP contribution in [-0.4, -0.2) is 29.9 Å². The van der Waals surface area contributed by atoms with Crippen molar-refractivity contribution in [3.8, 4) is 0 Å². The maximum Gasteiger partial charge on any atom is 0.240 e. The number of nitrogens with two attached hydrogens (primary N) is 1. The molecule has 0 aromatic carbocycles. The molecule has 2 N–H and O–H groups in total. The third-order valence-corrected chi connectivity index (χ3v) is 3.37. The highest BCUT2D eigenvalue weighted by molar-refractivity contribution is 5.82. The fourth-order valence-electron chi connectivity index (χ4n) is 1.93. The second-order valence-corrected chi connectivity index (χ2v) is 5.69. The van der Waals surface area contributed by atoms with Gasteiger partial charge in [-0.1, -0.05) is 34.1 Å². The van der Waals surface area contributed by atoms with Crippen molar-refractivity contribution in [2.45, 2.75) is 46.6 Å². The molecule has 1 aliphatic heterocycles. The standard InChI is InChI=1S/C12H24N2O/c1-5-9-6-7-14(8-9)11(15)10(13)12(2,3)4/h9-10H,5-8,13H2,1-4H3/t9?,10-/m1/s1. The Morgan fingerprint density at radius 3 is 2.53 bits per heavy atom. The van der Waals surface area contributed by atoms with E-state index in [2.05, 4.69) is 6.92 Å². The summed E-state index contributed by atoms with van der Waals surface area (Å²) in [6, 6.07) is -0.367. The topological polar surface area (TPSA) is 46.3 Å².